The lowest BCUT2D eigenvalue weighted by Crippen LogP contribution is -2.39. The third-order valence-electron chi connectivity index (χ3n) is 2.03. The summed E-state index contributed by atoms with van der Waals surface area (Å²) in [6, 6.07) is -0.507. The molecule has 0 radical (unpaired) electrons. The van der Waals surface area contributed by atoms with Crippen LogP contribution in [0.25, 0.3) is 0 Å². The number of nitrogens with two attached hydrogens (primary N) is 1. The van der Waals surface area contributed by atoms with Crippen LogP contribution in [0.4, 0.5) is 0 Å². The van der Waals surface area contributed by atoms with E-state index in [-0.39, 0.29) is 11.9 Å². The van der Waals surface area contributed by atoms with E-state index in [0.29, 0.717) is 19.8 Å². The number of hydrogen-bond donors (Lipinski definition) is 1. The van der Waals surface area contributed by atoms with Gasteiger partial charge in [0.1, 0.15) is 6.04 Å². The van der Waals surface area contributed by atoms with Gasteiger partial charge >= 0.3 is 5.97 Å². The number of rotatable bonds is 3. The van der Waals surface area contributed by atoms with Crippen LogP contribution >= 0.6 is 0 Å². The minimum absolute atomic E-state index is 0.143. The lowest BCUT2D eigenvalue weighted by molar-refractivity contribution is -0.146. The van der Waals surface area contributed by atoms with Gasteiger partial charge in [0.25, 0.3) is 0 Å². The number of esters is 1. The standard InChI is InChI=1S/C8H15NO3/c1-2-12-8(10)7(9)6-3-4-11-5-6/h6-7H,2-5,9H2,1H3/t6-,7+/m1/s1. The second kappa shape index (κ2) is 4.42. The minimum Gasteiger partial charge on any atom is -0.465 e. The molecule has 2 atom stereocenters. The molecule has 1 saturated heterocycles. The Balaban J connectivity index is 2.34. The van der Waals surface area contributed by atoms with Gasteiger partial charge in [-0.25, -0.2) is 0 Å². The van der Waals surface area contributed by atoms with Gasteiger partial charge in [-0.1, -0.05) is 0 Å². The highest BCUT2D eigenvalue weighted by Crippen LogP contribution is 2.15. The first kappa shape index (κ1) is 9.48. The number of carbonyl (C=O) groups is 1. The van der Waals surface area contributed by atoms with Gasteiger partial charge < -0.3 is 15.2 Å². The summed E-state index contributed by atoms with van der Waals surface area (Å²) in [5.74, 6) is -0.169. The largest absolute Gasteiger partial charge is 0.465 e. The molecular weight excluding hydrogens is 158 g/mol. The Bertz CT molecular complexity index is 154. The van der Waals surface area contributed by atoms with Gasteiger partial charge in [-0.15, -0.1) is 0 Å². The van der Waals surface area contributed by atoms with Crippen molar-refractivity contribution in [3.63, 3.8) is 0 Å². The molecule has 1 rings (SSSR count). The number of ether oxygens (including phenoxy) is 2. The zero-order chi connectivity index (χ0) is 8.97. The van der Waals surface area contributed by atoms with Crippen molar-refractivity contribution in [2.24, 2.45) is 11.7 Å². The van der Waals surface area contributed by atoms with Crippen LogP contribution in [0, 0.1) is 5.92 Å². The van der Waals surface area contributed by atoms with Gasteiger partial charge in [-0.3, -0.25) is 4.79 Å². The molecule has 1 heterocycles. The number of carbonyl (C=O) groups excluding carboxylic acids is 1. The molecule has 1 aliphatic rings. The second-order valence-corrected chi connectivity index (χ2v) is 2.90. The molecule has 0 bridgehead atoms. The van der Waals surface area contributed by atoms with E-state index >= 15 is 0 Å². The van der Waals surface area contributed by atoms with Gasteiger partial charge in [0.05, 0.1) is 13.2 Å². The van der Waals surface area contributed by atoms with Crippen LogP contribution in [0.15, 0.2) is 0 Å². The first-order valence-electron chi connectivity index (χ1n) is 4.25. The molecule has 2 N–H and O–H groups in total. The zero-order valence-electron chi connectivity index (χ0n) is 7.29. The van der Waals surface area contributed by atoms with Crippen LogP contribution in [-0.2, 0) is 14.3 Å². The molecule has 70 valence electrons. The summed E-state index contributed by atoms with van der Waals surface area (Å²) in [7, 11) is 0. The second-order valence-electron chi connectivity index (χ2n) is 2.90. The van der Waals surface area contributed by atoms with E-state index in [9.17, 15) is 4.79 Å². The summed E-state index contributed by atoms with van der Waals surface area (Å²) in [6.45, 7) is 3.45. The van der Waals surface area contributed by atoms with Crippen LogP contribution < -0.4 is 5.73 Å². The number of hydrogen-bond acceptors (Lipinski definition) is 4. The Morgan fingerprint density at radius 1 is 1.83 bits per heavy atom. The van der Waals surface area contributed by atoms with Crippen LogP contribution in [0.3, 0.4) is 0 Å². The molecule has 0 amide bonds. The van der Waals surface area contributed by atoms with Gasteiger partial charge in [-0.2, -0.15) is 0 Å². The highest BCUT2D eigenvalue weighted by Gasteiger charge is 2.28. The fourth-order valence-corrected chi connectivity index (χ4v) is 1.27. The molecule has 4 heteroatoms. The lowest BCUT2D eigenvalue weighted by Gasteiger charge is -2.15. The average molecular weight is 173 g/mol. The van der Waals surface area contributed by atoms with Gasteiger partial charge in [-0.05, 0) is 13.3 Å². The lowest BCUT2D eigenvalue weighted by atomic mass is 10.0. The summed E-state index contributed by atoms with van der Waals surface area (Å²) < 4.78 is 9.92. The smallest absolute Gasteiger partial charge is 0.323 e. The summed E-state index contributed by atoms with van der Waals surface area (Å²) in [5.41, 5.74) is 5.65. The zero-order valence-corrected chi connectivity index (χ0v) is 7.29. The molecule has 0 aromatic carbocycles. The Hall–Kier alpha value is -0.610. The molecule has 0 saturated carbocycles. The maximum absolute atomic E-state index is 11.1. The van der Waals surface area contributed by atoms with E-state index < -0.39 is 6.04 Å². The van der Waals surface area contributed by atoms with E-state index in [1.165, 1.54) is 0 Å². The Morgan fingerprint density at radius 2 is 2.58 bits per heavy atom. The van der Waals surface area contributed by atoms with E-state index in [2.05, 4.69) is 0 Å². The highest BCUT2D eigenvalue weighted by atomic mass is 16.5. The van der Waals surface area contributed by atoms with Crippen molar-refractivity contribution < 1.29 is 14.3 Å². The fraction of sp³-hybridized carbons (Fsp3) is 0.875. The first-order chi connectivity index (χ1) is 5.75. The third-order valence-corrected chi connectivity index (χ3v) is 2.03. The normalized spacial score (nSPS) is 25.3. The molecule has 0 spiro atoms. The van der Waals surface area contributed by atoms with Crippen molar-refractivity contribution in [1.82, 2.24) is 0 Å². The molecular formula is C8H15NO3. The van der Waals surface area contributed by atoms with E-state index in [1.54, 1.807) is 6.92 Å². The van der Waals surface area contributed by atoms with Crippen molar-refractivity contribution >= 4 is 5.97 Å². The average Bonchev–Trinajstić information content (AvgIpc) is 2.55. The molecule has 12 heavy (non-hydrogen) atoms. The maximum Gasteiger partial charge on any atom is 0.323 e. The Kier molecular flexibility index (Phi) is 3.49. The predicted molar refractivity (Wildman–Crippen MR) is 43.5 cm³/mol. The van der Waals surface area contributed by atoms with Crippen molar-refractivity contribution in [3.05, 3.63) is 0 Å². The van der Waals surface area contributed by atoms with Crippen LogP contribution in [0.2, 0.25) is 0 Å². The Labute approximate surface area is 72.0 Å². The Morgan fingerprint density at radius 3 is 3.08 bits per heavy atom. The molecule has 0 aromatic heterocycles. The monoisotopic (exact) mass is 173 g/mol. The SMILES string of the molecule is CCOC(=O)[C@@H](N)[C@@H]1CCOC1. The summed E-state index contributed by atoms with van der Waals surface area (Å²) in [4.78, 5) is 11.1. The third kappa shape index (κ3) is 2.19. The summed E-state index contributed by atoms with van der Waals surface area (Å²) in [5, 5.41) is 0. The van der Waals surface area contributed by atoms with Crippen molar-refractivity contribution in [3.8, 4) is 0 Å². The van der Waals surface area contributed by atoms with Gasteiger partial charge in [0.2, 0.25) is 0 Å². The van der Waals surface area contributed by atoms with Crippen molar-refractivity contribution in [1.29, 1.82) is 0 Å². The van der Waals surface area contributed by atoms with E-state index in [4.69, 9.17) is 15.2 Å². The summed E-state index contributed by atoms with van der Waals surface area (Å²) >= 11 is 0. The van der Waals surface area contributed by atoms with Crippen molar-refractivity contribution in [2.45, 2.75) is 19.4 Å². The first-order valence-corrected chi connectivity index (χ1v) is 4.25. The highest BCUT2D eigenvalue weighted by molar-refractivity contribution is 5.75. The van der Waals surface area contributed by atoms with Gasteiger partial charge in [0.15, 0.2) is 0 Å². The predicted octanol–water partition coefficient (Wildman–Crippen LogP) is -0.0867. The molecule has 1 aliphatic heterocycles. The topological polar surface area (TPSA) is 61.5 Å². The van der Waals surface area contributed by atoms with E-state index in [0.717, 1.165) is 6.42 Å². The molecule has 0 unspecified atom stereocenters. The molecule has 0 aromatic rings. The van der Waals surface area contributed by atoms with E-state index in [1.807, 2.05) is 0 Å². The molecule has 1 fully saturated rings. The van der Waals surface area contributed by atoms with Crippen LogP contribution in [0.5, 0.6) is 0 Å². The molecule has 0 aliphatic carbocycles. The maximum atomic E-state index is 11.1. The van der Waals surface area contributed by atoms with Crippen molar-refractivity contribution in [2.75, 3.05) is 19.8 Å². The quantitative estimate of drug-likeness (QED) is 0.606. The fourth-order valence-electron chi connectivity index (χ4n) is 1.27. The minimum atomic E-state index is -0.507. The van der Waals surface area contributed by atoms with Crippen LogP contribution in [0.1, 0.15) is 13.3 Å². The molecule has 4 nitrogen and oxygen atoms in total. The summed E-state index contributed by atoms with van der Waals surface area (Å²) in [6.07, 6.45) is 0.861. The van der Waals surface area contributed by atoms with Gasteiger partial charge in [0, 0.05) is 12.5 Å². The van der Waals surface area contributed by atoms with Crippen LogP contribution in [-0.4, -0.2) is 31.8 Å².